The van der Waals surface area contributed by atoms with Crippen LogP contribution in [0.5, 0.6) is 5.75 Å². The second-order valence-corrected chi connectivity index (χ2v) is 6.02. The van der Waals surface area contributed by atoms with Gasteiger partial charge in [-0.1, -0.05) is 0 Å². The molecule has 0 aliphatic heterocycles. The van der Waals surface area contributed by atoms with Gasteiger partial charge in [-0.3, -0.25) is 4.68 Å². The minimum Gasteiger partial charge on any atom is -0.495 e. The number of benzene rings is 1. The third kappa shape index (κ3) is 3.09. The fourth-order valence-electron chi connectivity index (χ4n) is 1.68. The maximum absolute atomic E-state index is 12.2. The Bertz CT molecular complexity index is 709. The van der Waals surface area contributed by atoms with Crippen LogP contribution in [0.25, 0.3) is 0 Å². The van der Waals surface area contributed by atoms with Gasteiger partial charge in [0.1, 0.15) is 5.75 Å². The predicted octanol–water partition coefficient (Wildman–Crippen LogP) is 0.489. The van der Waals surface area contributed by atoms with Gasteiger partial charge in [-0.05, 0) is 12.1 Å². The van der Waals surface area contributed by atoms with Gasteiger partial charge < -0.3 is 10.5 Å². The topological polar surface area (TPSA) is 99.2 Å². The highest BCUT2D eigenvalue weighted by Gasteiger charge is 2.16. The fraction of sp³-hybridized carbons (Fsp3) is 0.250. The molecule has 1 aromatic carbocycles. The number of aryl methyl sites for hydroxylation is 1. The zero-order valence-electron chi connectivity index (χ0n) is 11.2. The molecular formula is C12H16N4O3S. The van der Waals surface area contributed by atoms with Crippen LogP contribution in [-0.2, 0) is 23.6 Å². The molecule has 2 rings (SSSR count). The Hall–Kier alpha value is -2.06. The molecule has 3 N–H and O–H groups in total. The number of hydrogen-bond donors (Lipinski definition) is 2. The van der Waals surface area contributed by atoms with Gasteiger partial charge in [0, 0.05) is 31.4 Å². The zero-order valence-corrected chi connectivity index (χ0v) is 12.0. The molecule has 8 heteroatoms. The lowest BCUT2D eigenvalue weighted by Gasteiger charge is -2.09. The van der Waals surface area contributed by atoms with E-state index in [4.69, 9.17) is 10.5 Å². The summed E-state index contributed by atoms with van der Waals surface area (Å²) in [4.78, 5) is 0.104. The summed E-state index contributed by atoms with van der Waals surface area (Å²) in [5, 5.41) is 3.97. The van der Waals surface area contributed by atoms with Crippen LogP contribution in [0, 0.1) is 0 Å². The highest BCUT2D eigenvalue weighted by molar-refractivity contribution is 7.89. The Morgan fingerprint density at radius 3 is 2.80 bits per heavy atom. The van der Waals surface area contributed by atoms with Gasteiger partial charge in [0.2, 0.25) is 10.0 Å². The van der Waals surface area contributed by atoms with Crippen LogP contribution < -0.4 is 15.2 Å². The van der Waals surface area contributed by atoms with Crippen LogP contribution in [0.2, 0.25) is 0 Å². The molecule has 0 amide bonds. The first-order valence-corrected chi connectivity index (χ1v) is 7.31. The summed E-state index contributed by atoms with van der Waals surface area (Å²) in [6, 6.07) is 4.32. The van der Waals surface area contributed by atoms with Crippen molar-refractivity contribution >= 4 is 15.7 Å². The Labute approximate surface area is 117 Å². The van der Waals surface area contributed by atoms with Gasteiger partial charge in [0.15, 0.2) is 0 Å². The first-order chi connectivity index (χ1) is 9.42. The average molecular weight is 296 g/mol. The summed E-state index contributed by atoms with van der Waals surface area (Å²) in [5.41, 5.74) is 6.82. The maximum atomic E-state index is 12.2. The number of ether oxygens (including phenoxy) is 1. The minimum atomic E-state index is -3.62. The number of nitrogen functional groups attached to an aromatic ring is 1. The molecule has 20 heavy (non-hydrogen) atoms. The molecule has 1 heterocycles. The number of sulfonamides is 1. The average Bonchev–Trinajstić information content (AvgIpc) is 2.83. The van der Waals surface area contributed by atoms with Crippen molar-refractivity contribution in [2.45, 2.75) is 11.4 Å². The van der Waals surface area contributed by atoms with Crippen molar-refractivity contribution in [2.75, 3.05) is 12.8 Å². The van der Waals surface area contributed by atoms with E-state index in [1.54, 1.807) is 24.1 Å². The Kier molecular flexibility index (Phi) is 3.96. The van der Waals surface area contributed by atoms with E-state index in [2.05, 4.69) is 9.82 Å². The molecule has 0 fully saturated rings. The molecular weight excluding hydrogens is 280 g/mol. The molecule has 0 aliphatic carbocycles. The quantitative estimate of drug-likeness (QED) is 0.782. The predicted molar refractivity (Wildman–Crippen MR) is 74.6 cm³/mol. The van der Waals surface area contributed by atoms with Gasteiger partial charge in [-0.15, -0.1) is 0 Å². The Balaban J connectivity index is 2.17. The fourth-order valence-corrected chi connectivity index (χ4v) is 2.72. The maximum Gasteiger partial charge on any atom is 0.241 e. The van der Waals surface area contributed by atoms with E-state index in [1.165, 1.54) is 25.3 Å². The van der Waals surface area contributed by atoms with Gasteiger partial charge >= 0.3 is 0 Å². The summed E-state index contributed by atoms with van der Waals surface area (Å²) in [7, 11) is -0.419. The summed E-state index contributed by atoms with van der Waals surface area (Å²) in [5.74, 6) is 0.328. The van der Waals surface area contributed by atoms with E-state index in [-0.39, 0.29) is 11.4 Å². The highest BCUT2D eigenvalue weighted by atomic mass is 32.2. The van der Waals surface area contributed by atoms with Crippen LogP contribution in [0.15, 0.2) is 35.5 Å². The van der Waals surface area contributed by atoms with Gasteiger partial charge in [0.05, 0.1) is 23.9 Å². The third-order valence-corrected chi connectivity index (χ3v) is 4.14. The first-order valence-electron chi connectivity index (χ1n) is 5.83. The molecule has 7 nitrogen and oxygen atoms in total. The Morgan fingerprint density at radius 2 is 2.20 bits per heavy atom. The number of rotatable bonds is 5. The lowest BCUT2D eigenvalue weighted by atomic mass is 10.3. The minimum absolute atomic E-state index is 0.104. The van der Waals surface area contributed by atoms with Crippen molar-refractivity contribution in [1.29, 1.82) is 0 Å². The second-order valence-electron chi connectivity index (χ2n) is 4.25. The molecule has 0 radical (unpaired) electrons. The summed E-state index contributed by atoms with van der Waals surface area (Å²) < 4.78 is 33.4. The van der Waals surface area contributed by atoms with E-state index in [9.17, 15) is 8.42 Å². The lowest BCUT2D eigenvalue weighted by molar-refractivity contribution is 0.415. The van der Waals surface area contributed by atoms with E-state index >= 15 is 0 Å². The highest BCUT2D eigenvalue weighted by Crippen LogP contribution is 2.24. The van der Waals surface area contributed by atoms with Crippen LogP contribution in [0.3, 0.4) is 0 Å². The van der Waals surface area contributed by atoms with Gasteiger partial charge in [-0.25, -0.2) is 13.1 Å². The third-order valence-electron chi connectivity index (χ3n) is 2.74. The van der Waals surface area contributed by atoms with Crippen molar-refractivity contribution < 1.29 is 13.2 Å². The SMILES string of the molecule is COc1cc(S(=O)(=O)NCc2cnn(C)c2)ccc1N. The normalized spacial score (nSPS) is 11.5. The monoisotopic (exact) mass is 296 g/mol. The smallest absolute Gasteiger partial charge is 0.241 e. The van der Waals surface area contributed by atoms with Crippen molar-refractivity contribution in [3.63, 3.8) is 0 Å². The molecule has 108 valence electrons. The van der Waals surface area contributed by atoms with Crippen molar-refractivity contribution in [1.82, 2.24) is 14.5 Å². The summed E-state index contributed by atoms with van der Waals surface area (Å²) >= 11 is 0. The second kappa shape index (κ2) is 5.51. The molecule has 0 saturated heterocycles. The Morgan fingerprint density at radius 1 is 1.45 bits per heavy atom. The number of nitrogens with one attached hydrogen (secondary N) is 1. The number of aromatic nitrogens is 2. The molecule has 0 saturated carbocycles. The number of methoxy groups -OCH3 is 1. The number of nitrogens with two attached hydrogens (primary N) is 1. The van der Waals surface area contributed by atoms with Gasteiger partial charge in [0.25, 0.3) is 0 Å². The molecule has 1 aromatic heterocycles. The van der Waals surface area contributed by atoms with Crippen LogP contribution >= 0.6 is 0 Å². The van der Waals surface area contributed by atoms with Crippen LogP contribution in [-0.4, -0.2) is 25.3 Å². The van der Waals surface area contributed by atoms with Crippen molar-refractivity contribution in [3.05, 3.63) is 36.2 Å². The summed E-state index contributed by atoms with van der Waals surface area (Å²) in [6.45, 7) is 0.170. The summed E-state index contributed by atoms with van der Waals surface area (Å²) in [6.07, 6.45) is 3.35. The van der Waals surface area contributed by atoms with Crippen LogP contribution in [0.4, 0.5) is 5.69 Å². The van der Waals surface area contributed by atoms with E-state index in [1.807, 2.05) is 0 Å². The standard InChI is InChI=1S/C12H16N4O3S/c1-16-8-9(6-14-16)7-15-20(17,18)10-3-4-11(13)12(5-10)19-2/h3-6,8,15H,7,13H2,1-2H3. The molecule has 0 atom stereocenters. The van der Waals surface area contributed by atoms with Crippen molar-refractivity contribution in [3.8, 4) is 5.75 Å². The van der Waals surface area contributed by atoms with Crippen LogP contribution in [0.1, 0.15) is 5.56 Å². The lowest BCUT2D eigenvalue weighted by Crippen LogP contribution is -2.23. The largest absolute Gasteiger partial charge is 0.495 e. The van der Waals surface area contributed by atoms with E-state index in [0.29, 0.717) is 11.4 Å². The molecule has 0 aliphatic rings. The molecule has 0 bridgehead atoms. The van der Waals surface area contributed by atoms with E-state index in [0.717, 1.165) is 5.56 Å². The number of anilines is 1. The van der Waals surface area contributed by atoms with E-state index < -0.39 is 10.0 Å². The number of hydrogen-bond acceptors (Lipinski definition) is 5. The molecule has 0 unspecified atom stereocenters. The van der Waals surface area contributed by atoms with Crippen molar-refractivity contribution in [2.24, 2.45) is 7.05 Å². The van der Waals surface area contributed by atoms with Gasteiger partial charge in [-0.2, -0.15) is 5.10 Å². The number of nitrogens with zero attached hydrogens (tertiary/aromatic N) is 2. The first kappa shape index (κ1) is 14.4. The molecule has 2 aromatic rings. The molecule has 0 spiro atoms. The zero-order chi connectivity index (χ0) is 14.8.